The normalized spacial score (nSPS) is 9.33. The lowest BCUT2D eigenvalue weighted by Crippen LogP contribution is -1.80. The van der Waals surface area contributed by atoms with Crippen molar-refractivity contribution < 1.29 is 0 Å². The van der Waals surface area contributed by atoms with E-state index < -0.39 is 0 Å². The summed E-state index contributed by atoms with van der Waals surface area (Å²) in [5.41, 5.74) is 0. The largest absolute Gasteiger partial charge is 0.351 e. The van der Waals surface area contributed by atoms with Crippen LogP contribution in [0, 0.1) is 0 Å². The van der Waals surface area contributed by atoms with Gasteiger partial charge in [-0.3, -0.25) is 0 Å². The maximum Gasteiger partial charge on any atom is 0.173 e. The van der Waals surface area contributed by atoms with Crippen LogP contribution in [0.25, 0.3) is 11.6 Å². The van der Waals surface area contributed by atoms with Crippen molar-refractivity contribution in [2.75, 3.05) is 0 Å². The lowest BCUT2D eigenvalue weighted by molar-refractivity contribution is 1.20. The van der Waals surface area contributed by atoms with Gasteiger partial charge in [0.15, 0.2) is 11.6 Å². The van der Waals surface area contributed by atoms with Crippen LogP contribution in [0.2, 0.25) is 0 Å². The molecule has 0 saturated carbocycles. The van der Waals surface area contributed by atoms with Crippen LogP contribution in [0.5, 0.6) is 0 Å². The zero-order valence-corrected chi connectivity index (χ0v) is 7.88. The molecule has 3 N–H and O–H groups in total. The van der Waals surface area contributed by atoms with E-state index in [0.29, 0.717) is 0 Å². The highest BCUT2D eigenvalue weighted by Gasteiger charge is 1.98. The molecule has 0 fully saturated rings. The van der Waals surface area contributed by atoms with E-state index in [1.54, 1.807) is 43.5 Å². The third kappa shape index (κ3) is 2.53. The highest BCUT2D eigenvalue weighted by Crippen LogP contribution is 2.04. The lowest BCUT2D eigenvalue weighted by Gasteiger charge is -1.85. The molecule has 0 amide bonds. The van der Waals surface area contributed by atoms with Gasteiger partial charge in [0.25, 0.3) is 0 Å². The molecule has 0 bridgehead atoms. The summed E-state index contributed by atoms with van der Waals surface area (Å²) in [5.74, 6) is 1.54. The van der Waals surface area contributed by atoms with Crippen LogP contribution in [0.4, 0.5) is 0 Å². The maximum atomic E-state index is 4.01. The summed E-state index contributed by atoms with van der Waals surface area (Å²) in [5, 5.41) is 0. The number of aromatic nitrogens is 6. The standard InChI is InChI=1S/C6H6N4.C3H4N2/c1-2-8-5(7-1)6-9-3-4-10-6;1-2-5-3-4-1/h1-4H,(H,7,8)(H,9,10);1-3H,(H,4,5). The van der Waals surface area contributed by atoms with Gasteiger partial charge >= 0.3 is 0 Å². The predicted octanol–water partition coefficient (Wildman–Crippen LogP) is 1.21. The van der Waals surface area contributed by atoms with E-state index in [4.69, 9.17) is 0 Å². The molecule has 6 nitrogen and oxygen atoms in total. The monoisotopic (exact) mass is 202 g/mol. The Labute approximate surface area is 85.8 Å². The minimum absolute atomic E-state index is 0.769. The fourth-order valence-electron chi connectivity index (χ4n) is 1.00. The van der Waals surface area contributed by atoms with Gasteiger partial charge in [0.1, 0.15) is 0 Å². The van der Waals surface area contributed by atoms with Gasteiger partial charge in [-0.1, -0.05) is 0 Å². The number of imidazole rings is 3. The molecular weight excluding hydrogens is 192 g/mol. The number of hydrogen-bond acceptors (Lipinski definition) is 3. The molecule has 0 radical (unpaired) electrons. The van der Waals surface area contributed by atoms with E-state index in [9.17, 15) is 0 Å². The van der Waals surface area contributed by atoms with E-state index in [1.165, 1.54) is 0 Å². The Morgan fingerprint density at radius 1 is 0.800 bits per heavy atom. The number of hydrogen-bond donors (Lipinski definition) is 3. The van der Waals surface area contributed by atoms with Gasteiger partial charge < -0.3 is 15.0 Å². The molecule has 76 valence electrons. The van der Waals surface area contributed by atoms with Crippen molar-refractivity contribution in [1.82, 2.24) is 29.9 Å². The summed E-state index contributed by atoms with van der Waals surface area (Å²) in [4.78, 5) is 20.3. The summed E-state index contributed by atoms with van der Waals surface area (Å²) in [6, 6.07) is 0. The summed E-state index contributed by atoms with van der Waals surface area (Å²) in [7, 11) is 0. The summed E-state index contributed by atoms with van der Waals surface area (Å²) < 4.78 is 0. The zero-order chi connectivity index (χ0) is 10.3. The fraction of sp³-hybridized carbons (Fsp3) is 0. The molecule has 6 heteroatoms. The molecular formula is C9H10N6. The topological polar surface area (TPSA) is 86.0 Å². The average Bonchev–Trinajstić information content (AvgIpc) is 3.06. The van der Waals surface area contributed by atoms with Crippen molar-refractivity contribution in [3.05, 3.63) is 43.5 Å². The van der Waals surface area contributed by atoms with Gasteiger partial charge in [-0.15, -0.1) is 0 Å². The molecule has 0 aromatic carbocycles. The Bertz CT molecular complexity index is 389. The minimum Gasteiger partial charge on any atom is -0.351 e. The van der Waals surface area contributed by atoms with Crippen molar-refractivity contribution in [2.24, 2.45) is 0 Å². The SMILES string of the molecule is c1c[nH]c(-c2ncc[nH]2)n1.c1c[nH]cn1. The Hall–Kier alpha value is -2.37. The molecule has 3 rings (SSSR count). The highest BCUT2D eigenvalue weighted by atomic mass is 15.0. The first-order valence-electron chi connectivity index (χ1n) is 4.38. The highest BCUT2D eigenvalue weighted by molar-refractivity contribution is 5.41. The van der Waals surface area contributed by atoms with Gasteiger partial charge in [-0.25, -0.2) is 15.0 Å². The molecule has 3 aromatic rings. The van der Waals surface area contributed by atoms with E-state index in [-0.39, 0.29) is 0 Å². The van der Waals surface area contributed by atoms with E-state index in [0.717, 1.165) is 11.6 Å². The molecule has 0 spiro atoms. The van der Waals surface area contributed by atoms with Crippen molar-refractivity contribution >= 4 is 0 Å². The van der Waals surface area contributed by atoms with Crippen LogP contribution in [-0.4, -0.2) is 29.9 Å². The Morgan fingerprint density at radius 3 is 1.73 bits per heavy atom. The van der Waals surface area contributed by atoms with Crippen molar-refractivity contribution in [3.63, 3.8) is 0 Å². The first kappa shape index (κ1) is 9.20. The van der Waals surface area contributed by atoms with Crippen molar-refractivity contribution in [2.45, 2.75) is 0 Å². The number of aromatic amines is 3. The van der Waals surface area contributed by atoms with Gasteiger partial charge in [-0.05, 0) is 0 Å². The molecule has 0 aliphatic rings. The third-order valence-corrected chi connectivity index (χ3v) is 1.63. The molecule has 3 heterocycles. The van der Waals surface area contributed by atoms with Crippen molar-refractivity contribution in [3.8, 4) is 11.6 Å². The molecule has 0 aliphatic heterocycles. The minimum atomic E-state index is 0.769. The van der Waals surface area contributed by atoms with Crippen LogP contribution < -0.4 is 0 Å². The summed E-state index contributed by atoms with van der Waals surface area (Å²) >= 11 is 0. The molecule has 0 unspecified atom stereocenters. The lowest BCUT2D eigenvalue weighted by atomic mass is 10.6. The third-order valence-electron chi connectivity index (χ3n) is 1.63. The average molecular weight is 202 g/mol. The molecule has 3 aromatic heterocycles. The molecule has 0 atom stereocenters. The van der Waals surface area contributed by atoms with Crippen LogP contribution in [-0.2, 0) is 0 Å². The van der Waals surface area contributed by atoms with Crippen LogP contribution >= 0.6 is 0 Å². The van der Waals surface area contributed by atoms with Crippen LogP contribution in [0.1, 0.15) is 0 Å². The first-order valence-corrected chi connectivity index (χ1v) is 4.38. The first-order chi connectivity index (χ1) is 7.47. The van der Waals surface area contributed by atoms with Gasteiger partial charge in [-0.2, -0.15) is 0 Å². The second-order valence-electron chi connectivity index (χ2n) is 2.64. The van der Waals surface area contributed by atoms with Crippen LogP contribution in [0.3, 0.4) is 0 Å². The smallest absolute Gasteiger partial charge is 0.173 e. The molecule has 0 saturated heterocycles. The van der Waals surface area contributed by atoms with Gasteiger partial charge in [0, 0.05) is 37.2 Å². The Balaban J connectivity index is 0.000000144. The predicted molar refractivity (Wildman–Crippen MR) is 54.8 cm³/mol. The Morgan fingerprint density at radius 2 is 1.47 bits per heavy atom. The second kappa shape index (κ2) is 4.75. The fourth-order valence-corrected chi connectivity index (χ4v) is 1.00. The van der Waals surface area contributed by atoms with E-state index in [1.807, 2.05) is 0 Å². The van der Waals surface area contributed by atoms with Gasteiger partial charge in [0.2, 0.25) is 0 Å². The number of H-pyrrole nitrogens is 3. The number of nitrogens with zero attached hydrogens (tertiary/aromatic N) is 3. The zero-order valence-electron chi connectivity index (χ0n) is 7.88. The summed E-state index contributed by atoms with van der Waals surface area (Å²) in [6.07, 6.45) is 12.0. The summed E-state index contributed by atoms with van der Waals surface area (Å²) in [6.45, 7) is 0. The quantitative estimate of drug-likeness (QED) is 0.554. The Kier molecular flexibility index (Phi) is 2.91. The molecule has 0 aliphatic carbocycles. The van der Waals surface area contributed by atoms with Crippen molar-refractivity contribution in [1.29, 1.82) is 0 Å². The maximum absolute atomic E-state index is 4.01. The molecule has 15 heavy (non-hydrogen) atoms. The van der Waals surface area contributed by atoms with Crippen LogP contribution in [0.15, 0.2) is 43.5 Å². The number of nitrogens with one attached hydrogen (secondary N) is 3. The van der Waals surface area contributed by atoms with E-state index in [2.05, 4.69) is 29.9 Å². The van der Waals surface area contributed by atoms with Gasteiger partial charge in [0.05, 0.1) is 6.33 Å². The van der Waals surface area contributed by atoms with E-state index >= 15 is 0 Å². The second-order valence-corrected chi connectivity index (χ2v) is 2.64. The number of rotatable bonds is 1.